The van der Waals surface area contributed by atoms with E-state index in [1.165, 1.54) is 18.2 Å². The van der Waals surface area contributed by atoms with Crippen LogP contribution < -0.4 is 10.6 Å². The lowest BCUT2D eigenvalue weighted by Crippen LogP contribution is -2.18. The molecule has 4 rings (SSSR count). The van der Waals surface area contributed by atoms with E-state index < -0.39 is 44.4 Å². The summed E-state index contributed by atoms with van der Waals surface area (Å²) in [4.78, 5) is 33.1. The minimum atomic E-state index is -0.967. The Morgan fingerprint density at radius 3 is 2.00 bits per heavy atom. The molecule has 2 atom stereocenters. The standard InChI is InChI=1S/C23H17ClN4O7/c24-21-18(27(32)33)9-12(10-19(21)28(34)35)23(31)26-14-7-5-13(6-8-14)25-17-11-20(29)15-3-1-2-4-16(15)22(17)30/h1-11,20,22,25,29-30H,(H,26,31). The predicted molar refractivity (Wildman–Crippen MR) is 127 cm³/mol. The van der Waals surface area contributed by atoms with E-state index in [2.05, 4.69) is 10.6 Å². The van der Waals surface area contributed by atoms with Crippen molar-refractivity contribution in [3.05, 3.63) is 114 Å². The first-order valence-corrected chi connectivity index (χ1v) is 10.5. The van der Waals surface area contributed by atoms with E-state index in [0.29, 0.717) is 28.2 Å². The van der Waals surface area contributed by atoms with Crippen LogP contribution in [0.5, 0.6) is 0 Å². The van der Waals surface area contributed by atoms with Crippen molar-refractivity contribution in [3.8, 4) is 0 Å². The molecule has 35 heavy (non-hydrogen) atoms. The van der Waals surface area contributed by atoms with Gasteiger partial charge in [0, 0.05) is 29.2 Å². The van der Waals surface area contributed by atoms with Gasteiger partial charge >= 0.3 is 0 Å². The van der Waals surface area contributed by atoms with Gasteiger partial charge in [0.15, 0.2) is 5.02 Å². The maximum absolute atomic E-state index is 12.6. The summed E-state index contributed by atoms with van der Waals surface area (Å²) in [6.07, 6.45) is -0.350. The number of carbonyl (C=O) groups excluding carboxylic acids is 1. The Labute approximate surface area is 202 Å². The smallest absolute Gasteiger partial charge is 0.295 e. The topological polar surface area (TPSA) is 168 Å². The average Bonchev–Trinajstić information content (AvgIpc) is 2.83. The monoisotopic (exact) mass is 496 g/mol. The fourth-order valence-corrected chi connectivity index (χ4v) is 3.90. The molecule has 1 aliphatic carbocycles. The molecule has 1 aliphatic rings. The highest BCUT2D eigenvalue weighted by Gasteiger charge is 2.28. The first-order valence-electron chi connectivity index (χ1n) is 10.1. The molecule has 3 aromatic carbocycles. The first-order chi connectivity index (χ1) is 16.7. The number of nitrogens with one attached hydrogen (secondary N) is 2. The number of aliphatic hydroxyl groups excluding tert-OH is 2. The van der Waals surface area contributed by atoms with Gasteiger partial charge in [0.1, 0.15) is 6.10 Å². The number of benzene rings is 3. The molecule has 0 aromatic heterocycles. The molecule has 0 heterocycles. The van der Waals surface area contributed by atoms with Gasteiger partial charge in [-0.15, -0.1) is 0 Å². The van der Waals surface area contributed by atoms with Gasteiger partial charge in [0.25, 0.3) is 17.3 Å². The van der Waals surface area contributed by atoms with Crippen LogP contribution in [0.25, 0.3) is 0 Å². The van der Waals surface area contributed by atoms with Crippen molar-refractivity contribution < 1.29 is 24.9 Å². The Bertz CT molecular complexity index is 1340. The summed E-state index contributed by atoms with van der Waals surface area (Å²) in [6, 6.07) is 15.0. The molecule has 3 aromatic rings. The van der Waals surface area contributed by atoms with Crippen LogP contribution >= 0.6 is 11.6 Å². The van der Waals surface area contributed by atoms with E-state index in [-0.39, 0.29) is 5.56 Å². The van der Waals surface area contributed by atoms with Gasteiger partial charge < -0.3 is 20.8 Å². The number of hydrogen-bond acceptors (Lipinski definition) is 8. The van der Waals surface area contributed by atoms with E-state index in [4.69, 9.17) is 11.6 Å². The van der Waals surface area contributed by atoms with Crippen molar-refractivity contribution in [2.75, 3.05) is 10.6 Å². The maximum atomic E-state index is 12.6. The van der Waals surface area contributed by atoms with Gasteiger partial charge in [-0.1, -0.05) is 35.9 Å². The molecule has 178 valence electrons. The van der Waals surface area contributed by atoms with Gasteiger partial charge in [-0.05, 0) is 41.5 Å². The number of nitro benzene ring substituents is 2. The zero-order valence-electron chi connectivity index (χ0n) is 17.7. The Kier molecular flexibility index (Phi) is 6.47. The van der Waals surface area contributed by atoms with Crippen LogP contribution in [0.4, 0.5) is 22.7 Å². The molecule has 2 unspecified atom stereocenters. The molecular weight excluding hydrogens is 480 g/mol. The molecule has 0 fully saturated rings. The van der Waals surface area contributed by atoms with Gasteiger partial charge in [-0.25, -0.2) is 0 Å². The molecular formula is C23H17ClN4O7. The summed E-state index contributed by atoms with van der Waals surface area (Å²) in [5.41, 5.74) is 0.627. The van der Waals surface area contributed by atoms with Crippen LogP contribution in [0.15, 0.2) is 72.4 Å². The molecule has 12 heteroatoms. The molecule has 0 saturated heterocycles. The molecule has 11 nitrogen and oxygen atoms in total. The number of carbonyl (C=O) groups is 1. The molecule has 0 aliphatic heterocycles. The Morgan fingerprint density at radius 1 is 0.886 bits per heavy atom. The van der Waals surface area contributed by atoms with Crippen molar-refractivity contribution in [2.45, 2.75) is 12.2 Å². The van der Waals surface area contributed by atoms with E-state index in [9.17, 15) is 35.2 Å². The zero-order chi connectivity index (χ0) is 25.3. The molecule has 0 bridgehead atoms. The van der Waals surface area contributed by atoms with Crippen molar-refractivity contribution in [3.63, 3.8) is 0 Å². The fourth-order valence-electron chi connectivity index (χ4n) is 3.66. The number of halogens is 1. The van der Waals surface area contributed by atoms with Crippen molar-refractivity contribution in [1.29, 1.82) is 0 Å². The summed E-state index contributed by atoms with van der Waals surface area (Å²) in [6.45, 7) is 0. The maximum Gasteiger partial charge on any atom is 0.295 e. The van der Waals surface area contributed by atoms with Gasteiger partial charge in [0.05, 0.1) is 21.5 Å². The highest BCUT2D eigenvalue weighted by Crippen LogP contribution is 2.37. The van der Waals surface area contributed by atoms with Gasteiger partial charge in [0.2, 0.25) is 0 Å². The normalized spacial score (nSPS) is 16.6. The number of anilines is 2. The van der Waals surface area contributed by atoms with Crippen LogP contribution in [0.2, 0.25) is 5.02 Å². The quantitative estimate of drug-likeness (QED) is 0.286. The third-order valence-corrected chi connectivity index (χ3v) is 5.75. The lowest BCUT2D eigenvalue weighted by molar-refractivity contribution is -0.393. The van der Waals surface area contributed by atoms with E-state index in [1.807, 2.05) is 0 Å². The number of rotatable bonds is 6. The van der Waals surface area contributed by atoms with Crippen molar-refractivity contribution in [1.82, 2.24) is 0 Å². The summed E-state index contributed by atoms with van der Waals surface area (Å²) >= 11 is 5.72. The highest BCUT2D eigenvalue weighted by molar-refractivity contribution is 6.35. The molecule has 1 amide bonds. The summed E-state index contributed by atoms with van der Waals surface area (Å²) < 4.78 is 0. The number of fused-ring (bicyclic) bond motifs is 1. The Morgan fingerprint density at radius 2 is 1.43 bits per heavy atom. The summed E-state index contributed by atoms with van der Waals surface area (Å²) in [5, 5.41) is 48.2. The van der Waals surface area contributed by atoms with Crippen molar-refractivity contribution >= 4 is 40.3 Å². The second-order valence-electron chi connectivity index (χ2n) is 7.60. The molecule has 0 radical (unpaired) electrons. The van der Waals surface area contributed by atoms with Crippen LogP contribution in [0, 0.1) is 20.2 Å². The number of hydrogen-bond donors (Lipinski definition) is 4. The number of amides is 1. The lowest BCUT2D eigenvalue weighted by Gasteiger charge is -2.27. The average molecular weight is 497 g/mol. The van der Waals surface area contributed by atoms with Crippen LogP contribution in [-0.2, 0) is 0 Å². The summed E-state index contributed by atoms with van der Waals surface area (Å²) in [5.74, 6) is -0.807. The predicted octanol–water partition coefficient (Wildman–Crippen LogP) is 4.49. The second kappa shape index (κ2) is 9.50. The number of nitrogens with zero attached hydrogens (tertiary/aromatic N) is 2. The number of nitro groups is 2. The summed E-state index contributed by atoms with van der Waals surface area (Å²) in [7, 11) is 0. The minimum Gasteiger partial charge on any atom is -0.384 e. The fraction of sp³-hybridized carbons (Fsp3) is 0.0870. The molecule has 4 N–H and O–H groups in total. The van der Waals surface area contributed by atoms with E-state index in [1.54, 1.807) is 36.4 Å². The third-order valence-electron chi connectivity index (χ3n) is 5.36. The number of aliphatic hydroxyl groups is 2. The third kappa shape index (κ3) is 4.82. The van der Waals surface area contributed by atoms with E-state index >= 15 is 0 Å². The van der Waals surface area contributed by atoms with Crippen LogP contribution in [-0.4, -0.2) is 26.0 Å². The van der Waals surface area contributed by atoms with Crippen LogP contribution in [0.3, 0.4) is 0 Å². The SMILES string of the molecule is O=C(Nc1ccc(NC2=CC(O)c3ccccc3C2O)cc1)c1cc([N+](=O)[O-])c(Cl)c([N+](=O)[O-])c1. The van der Waals surface area contributed by atoms with E-state index in [0.717, 1.165) is 12.1 Å². The Hall–Kier alpha value is -4.32. The minimum absolute atomic E-state index is 0.307. The highest BCUT2D eigenvalue weighted by atomic mass is 35.5. The first kappa shape index (κ1) is 23.8. The largest absolute Gasteiger partial charge is 0.384 e. The van der Waals surface area contributed by atoms with Crippen molar-refractivity contribution in [2.24, 2.45) is 0 Å². The van der Waals surface area contributed by atoms with Gasteiger partial charge in [-0.2, -0.15) is 0 Å². The lowest BCUT2D eigenvalue weighted by atomic mass is 9.90. The van der Waals surface area contributed by atoms with Crippen LogP contribution in [0.1, 0.15) is 33.7 Å². The Balaban J connectivity index is 1.50. The second-order valence-corrected chi connectivity index (χ2v) is 7.98. The molecule has 0 saturated carbocycles. The van der Waals surface area contributed by atoms with Gasteiger partial charge in [-0.3, -0.25) is 25.0 Å². The molecule has 0 spiro atoms. The zero-order valence-corrected chi connectivity index (χ0v) is 18.5.